The van der Waals surface area contributed by atoms with Crippen molar-refractivity contribution in [1.82, 2.24) is 0 Å². The van der Waals surface area contributed by atoms with Gasteiger partial charge in [-0.3, -0.25) is 10.2 Å². The van der Waals surface area contributed by atoms with Gasteiger partial charge in [0.2, 0.25) is 5.90 Å². The molecule has 0 aromatic heterocycles. The van der Waals surface area contributed by atoms with E-state index in [0.29, 0.717) is 5.56 Å². The summed E-state index contributed by atoms with van der Waals surface area (Å²) in [6.07, 6.45) is 0.158. The van der Waals surface area contributed by atoms with Crippen LogP contribution in [0, 0.1) is 5.41 Å². The van der Waals surface area contributed by atoms with E-state index in [1.165, 1.54) is 7.11 Å². The molecule has 15 heavy (non-hydrogen) atoms. The van der Waals surface area contributed by atoms with Crippen molar-refractivity contribution < 1.29 is 14.3 Å². The number of esters is 1. The lowest BCUT2D eigenvalue weighted by Crippen LogP contribution is -2.10. The van der Waals surface area contributed by atoms with E-state index in [1.54, 1.807) is 12.1 Å². The highest BCUT2D eigenvalue weighted by Gasteiger charge is 2.04. The molecule has 0 aliphatic carbocycles. The van der Waals surface area contributed by atoms with E-state index in [-0.39, 0.29) is 24.9 Å². The zero-order valence-electron chi connectivity index (χ0n) is 8.53. The molecule has 0 aliphatic heterocycles. The summed E-state index contributed by atoms with van der Waals surface area (Å²) in [7, 11) is 1.32. The molecule has 0 aliphatic rings. The highest BCUT2D eigenvalue weighted by Crippen LogP contribution is 2.01. The Morgan fingerprint density at radius 1 is 1.33 bits per heavy atom. The van der Waals surface area contributed by atoms with Crippen LogP contribution >= 0.6 is 0 Å². The Labute approximate surface area is 88.3 Å². The molecule has 0 atom stereocenters. The van der Waals surface area contributed by atoms with Gasteiger partial charge in [0.25, 0.3) is 0 Å². The zero-order valence-corrected chi connectivity index (χ0v) is 8.53. The molecule has 0 heterocycles. The normalized spacial score (nSPS) is 9.40. The van der Waals surface area contributed by atoms with Gasteiger partial charge in [0.1, 0.15) is 6.61 Å². The van der Waals surface area contributed by atoms with Crippen molar-refractivity contribution in [2.45, 2.75) is 6.42 Å². The van der Waals surface area contributed by atoms with Crippen molar-refractivity contribution in [3.05, 3.63) is 35.9 Å². The third kappa shape index (κ3) is 3.81. The molecule has 0 fully saturated rings. The van der Waals surface area contributed by atoms with Crippen LogP contribution in [0.15, 0.2) is 30.3 Å². The van der Waals surface area contributed by atoms with Gasteiger partial charge >= 0.3 is 5.97 Å². The van der Waals surface area contributed by atoms with Gasteiger partial charge in [-0.25, -0.2) is 0 Å². The number of methoxy groups -OCH3 is 1. The first-order valence-electron chi connectivity index (χ1n) is 4.57. The van der Waals surface area contributed by atoms with Gasteiger partial charge in [-0.05, 0) is 12.1 Å². The molecular formula is C11H13NO3. The summed E-state index contributed by atoms with van der Waals surface area (Å²) in [5.41, 5.74) is 0.697. The number of hydrogen-bond donors (Lipinski definition) is 1. The molecule has 0 saturated carbocycles. The minimum Gasteiger partial charge on any atom is -0.477 e. The van der Waals surface area contributed by atoms with Crippen molar-refractivity contribution in [3.63, 3.8) is 0 Å². The van der Waals surface area contributed by atoms with E-state index < -0.39 is 0 Å². The Hall–Kier alpha value is -1.84. The maximum Gasteiger partial charge on any atom is 0.308 e. The first kappa shape index (κ1) is 11.2. The van der Waals surface area contributed by atoms with Crippen molar-refractivity contribution >= 4 is 11.9 Å². The third-order valence-corrected chi connectivity index (χ3v) is 1.82. The lowest BCUT2D eigenvalue weighted by Gasteiger charge is -2.06. The summed E-state index contributed by atoms with van der Waals surface area (Å²) in [5, 5.41) is 7.56. The smallest absolute Gasteiger partial charge is 0.308 e. The summed E-state index contributed by atoms with van der Waals surface area (Å²) in [5.74, 6) is -0.268. The number of nitrogens with one attached hydrogen (secondary N) is 1. The van der Waals surface area contributed by atoms with Crippen LogP contribution in [0.5, 0.6) is 0 Å². The maximum absolute atomic E-state index is 10.8. The molecule has 80 valence electrons. The highest BCUT2D eigenvalue weighted by molar-refractivity contribution is 5.91. The van der Waals surface area contributed by atoms with Gasteiger partial charge in [0, 0.05) is 5.56 Å². The van der Waals surface area contributed by atoms with Gasteiger partial charge in [-0.2, -0.15) is 0 Å². The van der Waals surface area contributed by atoms with Crippen molar-refractivity contribution in [1.29, 1.82) is 5.41 Å². The highest BCUT2D eigenvalue weighted by atomic mass is 16.5. The van der Waals surface area contributed by atoms with Gasteiger partial charge in [0.15, 0.2) is 0 Å². The van der Waals surface area contributed by atoms with Crippen LogP contribution < -0.4 is 0 Å². The lowest BCUT2D eigenvalue weighted by molar-refractivity contribution is -0.141. The molecule has 0 saturated heterocycles. The fraction of sp³-hybridized carbons (Fsp3) is 0.273. The van der Waals surface area contributed by atoms with Gasteiger partial charge in [0.05, 0.1) is 13.5 Å². The molecule has 1 N–H and O–H groups in total. The number of carbonyl (C=O) groups excluding carboxylic acids is 1. The summed E-state index contributed by atoms with van der Waals surface area (Å²) < 4.78 is 9.53. The number of hydrogen-bond acceptors (Lipinski definition) is 4. The Morgan fingerprint density at radius 3 is 2.60 bits per heavy atom. The summed E-state index contributed by atoms with van der Waals surface area (Å²) in [6.45, 7) is 0.167. The monoisotopic (exact) mass is 207 g/mol. The first-order chi connectivity index (χ1) is 7.24. The van der Waals surface area contributed by atoms with E-state index in [2.05, 4.69) is 4.74 Å². The van der Waals surface area contributed by atoms with E-state index in [0.717, 1.165) is 0 Å². The molecule has 0 amide bonds. The van der Waals surface area contributed by atoms with Crippen molar-refractivity contribution in [2.24, 2.45) is 0 Å². The van der Waals surface area contributed by atoms with Crippen LogP contribution in [0.3, 0.4) is 0 Å². The Kier molecular flexibility index (Phi) is 4.34. The van der Waals surface area contributed by atoms with Crippen LogP contribution in [-0.2, 0) is 14.3 Å². The van der Waals surface area contributed by atoms with Crippen LogP contribution in [0.25, 0.3) is 0 Å². The van der Waals surface area contributed by atoms with Crippen LogP contribution in [-0.4, -0.2) is 25.6 Å². The van der Waals surface area contributed by atoms with E-state index >= 15 is 0 Å². The van der Waals surface area contributed by atoms with E-state index in [4.69, 9.17) is 10.1 Å². The number of rotatable bonds is 4. The summed E-state index contributed by atoms with van der Waals surface area (Å²) >= 11 is 0. The van der Waals surface area contributed by atoms with Gasteiger partial charge in [-0.1, -0.05) is 18.2 Å². The summed E-state index contributed by atoms with van der Waals surface area (Å²) in [4.78, 5) is 10.8. The molecule has 1 aromatic carbocycles. The molecule has 4 heteroatoms. The lowest BCUT2D eigenvalue weighted by atomic mass is 10.2. The Morgan fingerprint density at radius 2 is 2.00 bits per heavy atom. The second kappa shape index (κ2) is 5.80. The second-order valence-corrected chi connectivity index (χ2v) is 2.87. The number of benzene rings is 1. The van der Waals surface area contributed by atoms with Crippen molar-refractivity contribution in [2.75, 3.05) is 13.7 Å². The third-order valence-electron chi connectivity index (χ3n) is 1.82. The minimum absolute atomic E-state index is 0.0690. The standard InChI is InChI=1S/C11H13NO3/c1-14-10(13)7-8-15-11(12)9-5-3-2-4-6-9/h2-6,12H,7-8H2,1H3. The SMILES string of the molecule is COC(=O)CCOC(=N)c1ccccc1. The minimum atomic E-state index is -0.337. The Bertz CT molecular complexity index is 335. The van der Waals surface area contributed by atoms with E-state index in [1.807, 2.05) is 18.2 Å². The van der Waals surface area contributed by atoms with Crippen LogP contribution in [0.2, 0.25) is 0 Å². The first-order valence-corrected chi connectivity index (χ1v) is 4.57. The van der Waals surface area contributed by atoms with Crippen LogP contribution in [0.4, 0.5) is 0 Å². The zero-order chi connectivity index (χ0) is 11.1. The molecular weight excluding hydrogens is 194 g/mol. The molecule has 0 spiro atoms. The second-order valence-electron chi connectivity index (χ2n) is 2.87. The maximum atomic E-state index is 10.8. The van der Waals surface area contributed by atoms with Gasteiger partial charge < -0.3 is 9.47 Å². The van der Waals surface area contributed by atoms with E-state index in [9.17, 15) is 4.79 Å². The summed E-state index contributed by atoms with van der Waals surface area (Å²) in [6, 6.07) is 9.08. The van der Waals surface area contributed by atoms with Crippen LogP contribution in [0.1, 0.15) is 12.0 Å². The molecule has 4 nitrogen and oxygen atoms in total. The fourth-order valence-corrected chi connectivity index (χ4v) is 1.01. The van der Waals surface area contributed by atoms with Gasteiger partial charge in [-0.15, -0.1) is 0 Å². The predicted molar refractivity (Wildman–Crippen MR) is 55.9 cm³/mol. The largest absolute Gasteiger partial charge is 0.477 e. The number of carbonyl (C=O) groups is 1. The molecule has 0 unspecified atom stereocenters. The molecule has 1 aromatic rings. The molecule has 0 radical (unpaired) electrons. The topological polar surface area (TPSA) is 59.4 Å². The van der Waals surface area contributed by atoms with Crippen molar-refractivity contribution in [3.8, 4) is 0 Å². The Balaban J connectivity index is 2.34. The predicted octanol–water partition coefficient (Wildman–Crippen LogP) is 1.59. The average Bonchev–Trinajstić information content (AvgIpc) is 2.29. The quantitative estimate of drug-likeness (QED) is 0.463. The molecule has 0 bridgehead atoms. The fourth-order valence-electron chi connectivity index (χ4n) is 1.01. The average molecular weight is 207 g/mol. The number of ether oxygens (including phenoxy) is 2. The molecule has 1 rings (SSSR count).